The molecule has 2 amide bonds. The molecule has 0 N–H and O–H groups in total. The molecule has 7 heteroatoms. The molecule has 1 unspecified atom stereocenters. The Hall–Kier alpha value is -1.79. The van der Waals surface area contributed by atoms with Crippen LogP contribution in [-0.2, 0) is 19.1 Å². The maximum Gasteiger partial charge on any atom is 0.410 e. The summed E-state index contributed by atoms with van der Waals surface area (Å²) in [6.45, 7) is 7.92. The largest absolute Gasteiger partial charge is 0.444 e. The molecular formula is C13H24N2O5. The van der Waals surface area contributed by atoms with Crippen LogP contribution in [0.4, 0.5) is 4.79 Å². The zero-order chi connectivity index (χ0) is 16.1. The van der Waals surface area contributed by atoms with Gasteiger partial charge in [-0.15, -0.1) is 0 Å². The van der Waals surface area contributed by atoms with E-state index in [2.05, 4.69) is 0 Å². The highest BCUT2D eigenvalue weighted by atomic mass is 16.6. The van der Waals surface area contributed by atoms with Crippen LogP contribution in [0.1, 0.15) is 34.6 Å². The number of carbonyl (C=O) groups excluding carboxylic acids is 3. The number of rotatable bonds is 4. The summed E-state index contributed by atoms with van der Waals surface area (Å²) in [5.41, 5.74) is -0.620. The molecule has 0 saturated carbocycles. The highest BCUT2D eigenvalue weighted by Gasteiger charge is 2.24. The third-order valence-electron chi connectivity index (χ3n) is 2.35. The number of likely N-dealkylation sites (N-methyl/N-ethyl adjacent to an activating group) is 2. The first kappa shape index (κ1) is 18.2. The van der Waals surface area contributed by atoms with Crippen LogP contribution < -0.4 is 0 Å². The molecule has 0 heterocycles. The maximum absolute atomic E-state index is 11.9. The number of amides is 2. The lowest BCUT2D eigenvalue weighted by molar-refractivity contribution is -0.159. The molecule has 0 saturated heterocycles. The second-order valence-corrected chi connectivity index (χ2v) is 5.55. The van der Waals surface area contributed by atoms with Crippen molar-refractivity contribution in [3.8, 4) is 0 Å². The van der Waals surface area contributed by atoms with Crippen LogP contribution in [0.15, 0.2) is 0 Å². The first-order valence-electron chi connectivity index (χ1n) is 6.31. The van der Waals surface area contributed by atoms with Gasteiger partial charge >= 0.3 is 12.1 Å². The van der Waals surface area contributed by atoms with Crippen LogP contribution in [0.3, 0.4) is 0 Å². The van der Waals surface area contributed by atoms with E-state index in [1.807, 2.05) is 0 Å². The van der Waals surface area contributed by atoms with Gasteiger partial charge in [-0.3, -0.25) is 9.59 Å². The van der Waals surface area contributed by atoms with Crippen molar-refractivity contribution in [3.63, 3.8) is 0 Å². The fourth-order valence-corrected chi connectivity index (χ4v) is 1.24. The highest BCUT2D eigenvalue weighted by molar-refractivity contribution is 5.82. The lowest BCUT2D eigenvalue weighted by Gasteiger charge is -2.28. The molecule has 0 aromatic heterocycles. The lowest BCUT2D eigenvalue weighted by atomic mass is 10.2. The van der Waals surface area contributed by atoms with E-state index in [4.69, 9.17) is 9.47 Å². The number of ether oxygens (including phenoxy) is 2. The van der Waals surface area contributed by atoms with Crippen molar-refractivity contribution < 1.29 is 23.9 Å². The summed E-state index contributed by atoms with van der Waals surface area (Å²) in [4.78, 5) is 36.9. The summed E-state index contributed by atoms with van der Waals surface area (Å²) in [5, 5.41) is 0. The fraction of sp³-hybridized carbons (Fsp3) is 0.769. The minimum Gasteiger partial charge on any atom is -0.444 e. The topological polar surface area (TPSA) is 76.2 Å². The van der Waals surface area contributed by atoms with E-state index < -0.39 is 23.9 Å². The van der Waals surface area contributed by atoms with E-state index in [1.165, 1.54) is 30.8 Å². The van der Waals surface area contributed by atoms with Crippen molar-refractivity contribution in [3.05, 3.63) is 0 Å². The zero-order valence-corrected chi connectivity index (χ0v) is 13.2. The van der Waals surface area contributed by atoms with E-state index >= 15 is 0 Å². The molecule has 0 aromatic carbocycles. The fourth-order valence-electron chi connectivity index (χ4n) is 1.24. The molecule has 1 atom stereocenters. The number of esters is 1. The average Bonchev–Trinajstić information content (AvgIpc) is 2.24. The van der Waals surface area contributed by atoms with Gasteiger partial charge in [0.05, 0.1) is 0 Å². The van der Waals surface area contributed by atoms with Gasteiger partial charge in [0.2, 0.25) is 5.91 Å². The van der Waals surface area contributed by atoms with Crippen molar-refractivity contribution in [2.24, 2.45) is 0 Å². The van der Waals surface area contributed by atoms with Crippen LogP contribution in [0.5, 0.6) is 0 Å². The minimum atomic E-state index is -0.688. The second-order valence-electron chi connectivity index (χ2n) is 5.55. The Kier molecular flexibility index (Phi) is 6.48. The standard InChI is InChI=1S/C13H24N2O5/c1-9(19-10(2)16)15(7)11(17)8-14(6)12(18)20-13(3,4)5/h9H,8H2,1-7H3. The van der Waals surface area contributed by atoms with Gasteiger partial charge in [-0.25, -0.2) is 4.79 Å². The Bertz CT molecular complexity index is 375. The monoisotopic (exact) mass is 288 g/mol. The Morgan fingerprint density at radius 1 is 1.15 bits per heavy atom. The van der Waals surface area contributed by atoms with Gasteiger partial charge in [0.15, 0.2) is 6.23 Å². The van der Waals surface area contributed by atoms with E-state index in [0.29, 0.717) is 0 Å². The van der Waals surface area contributed by atoms with E-state index in [9.17, 15) is 14.4 Å². The van der Waals surface area contributed by atoms with Crippen molar-refractivity contribution in [2.45, 2.75) is 46.4 Å². The van der Waals surface area contributed by atoms with E-state index in [-0.39, 0.29) is 12.5 Å². The molecule has 7 nitrogen and oxygen atoms in total. The van der Waals surface area contributed by atoms with Crippen molar-refractivity contribution >= 4 is 18.0 Å². The minimum absolute atomic E-state index is 0.156. The third-order valence-corrected chi connectivity index (χ3v) is 2.35. The van der Waals surface area contributed by atoms with Crippen molar-refractivity contribution in [1.29, 1.82) is 0 Å². The maximum atomic E-state index is 11.9. The van der Waals surface area contributed by atoms with E-state index in [0.717, 1.165) is 0 Å². The molecule has 0 aliphatic heterocycles. The number of hydrogen-bond acceptors (Lipinski definition) is 5. The Labute approximate surface area is 119 Å². The lowest BCUT2D eigenvalue weighted by Crippen LogP contribution is -2.45. The average molecular weight is 288 g/mol. The normalized spacial score (nSPS) is 12.3. The van der Waals surface area contributed by atoms with Crippen molar-refractivity contribution in [2.75, 3.05) is 20.6 Å². The van der Waals surface area contributed by atoms with Gasteiger partial charge in [0, 0.05) is 21.0 Å². The third kappa shape index (κ3) is 6.96. The molecule has 0 fully saturated rings. The smallest absolute Gasteiger partial charge is 0.410 e. The summed E-state index contributed by atoms with van der Waals surface area (Å²) in [7, 11) is 2.97. The van der Waals surface area contributed by atoms with Gasteiger partial charge in [0.1, 0.15) is 12.1 Å². The molecule has 0 aliphatic carbocycles. The Morgan fingerprint density at radius 3 is 2.05 bits per heavy atom. The molecule has 0 rings (SSSR count). The van der Waals surface area contributed by atoms with Gasteiger partial charge in [0.25, 0.3) is 0 Å². The molecule has 20 heavy (non-hydrogen) atoms. The van der Waals surface area contributed by atoms with Gasteiger partial charge in [-0.05, 0) is 27.7 Å². The molecule has 0 aliphatic rings. The highest BCUT2D eigenvalue weighted by Crippen LogP contribution is 2.09. The molecule has 0 bridgehead atoms. The first-order chi connectivity index (χ1) is 8.94. The van der Waals surface area contributed by atoms with Crippen molar-refractivity contribution in [1.82, 2.24) is 9.80 Å². The SMILES string of the molecule is CC(=O)OC(C)N(C)C(=O)CN(C)C(=O)OC(C)(C)C. The van der Waals surface area contributed by atoms with Crippen LogP contribution in [0, 0.1) is 0 Å². The second kappa shape index (κ2) is 7.12. The first-order valence-corrected chi connectivity index (χ1v) is 6.31. The summed E-state index contributed by atoms with van der Waals surface area (Å²) >= 11 is 0. The summed E-state index contributed by atoms with van der Waals surface area (Å²) in [6, 6.07) is 0. The number of carbonyl (C=O) groups is 3. The Balaban J connectivity index is 4.45. The molecular weight excluding hydrogens is 264 g/mol. The predicted molar refractivity (Wildman–Crippen MR) is 72.9 cm³/mol. The van der Waals surface area contributed by atoms with Crippen LogP contribution in [0.25, 0.3) is 0 Å². The van der Waals surface area contributed by atoms with Gasteiger partial charge < -0.3 is 19.3 Å². The molecule has 116 valence electrons. The van der Waals surface area contributed by atoms with Gasteiger partial charge in [-0.1, -0.05) is 0 Å². The molecule has 0 spiro atoms. The van der Waals surface area contributed by atoms with Crippen LogP contribution >= 0.6 is 0 Å². The Morgan fingerprint density at radius 2 is 1.65 bits per heavy atom. The van der Waals surface area contributed by atoms with E-state index in [1.54, 1.807) is 27.7 Å². The number of hydrogen-bond donors (Lipinski definition) is 0. The van der Waals surface area contributed by atoms with Gasteiger partial charge in [-0.2, -0.15) is 0 Å². The number of nitrogens with zero attached hydrogens (tertiary/aromatic N) is 2. The predicted octanol–water partition coefficient (Wildman–Crippen LogP) is 1.22. The summed E-state index contributed by atoms with van der Waals surface area (Å²) in [6.07, 6.45) is -1.27. The molecule has 0 radical (unpaired) electrons. The summed E-state index contributed by atoms with van der Waals surface area (Å²) in [5.74, 6) is -0.829. The zero-order valence-electron chi connectivity index (χ0n) is 13.2. The molecule has 0 aromatic rings. The summed E-state index contributed by atoms with van der Waals surface area (Å²) < 4.78 is 10.0. The van der Waals surface area contributed by atoms with Crippen LogP contribution in [-0.4, -0.2) is 60.2 Å². The van der Waals surface area contributed by atoms with Crippen LogP contribution in [0.2, 0.25) is 0 Å². The quantitative estimate of drug-likeness (QED) is 0.574.